The maximum absolute atomic E-state index is 11.9. The lowest BCUT2D eigenvalue weighted by atomic mass is 10.0. The van der Waals surface area contributed by atoms with Crippen LogP contribution in [0.3, 0.4) is 0 Å². The first-order chi connectivity index (χ1) is 12.8. The van der Waals surface area contributed by atoms with Gasteiger partial charge < -0.3 is 25.0 Å². The monoisotopic (exact) mass is 434 g/mol. The van der Waals surface area contributed by atoms with Crippen molar-refractivity contribution in [2.24, 2.45) is 0 Å². The Hall–Kier alpha value is -3.25. The normalized spacial score (nSPS) is 11.1. The predicted molar refractivity (Wildman–Crippen MR) is 99.0 cm³/mol. The van der Waals surface area contributed by atoms with Crippen LogP contribution >= 0.6 is 15.9 Å². The molecule has 0 aliphatic heterocycles. The lowest BCUT2D eigenvalue weighted by Gasteiger charge is -2.21. The molecular weight excluding hydrogens is 420 g/mol. The SMILES string of the molecule is COc1cc(Br)cc(C(Nc2ccc(C#N)cc2)C(=O)O)c1OCC(=O)O. The maximum Gasteiger partial charge on any atom is 0.341 e. The second-order valence-electron chi connectivity index (χ2n) is 5.31. The van der Waals surface area contributed by atoms with Crippen molar-refractivity contribution < 1.29 is 29.3 Å². The van der Waals surface area contributed by atoms with Crippen molar-refractivity contribution in [3.05, 3.63) is 52.0 Å². The average Bonchev–Trinajstić information content (AvgIpc) is 2.64. The summed E-state index contributed by atoms with van der Waals surface area (Å²) in [6.07, 6.45) is 0. The summed E-state index contributed by atoms with van der Waals surface area (Å²) in [7, 11) is 1.36. The van der Waals surface area contributed by atoms with Crippen LogP contribution in [0.1, 0.15) is 17.2 Å². The van der Waals surface area contributed by atoms with Gasteiger partial charge in [0.2, 0.25) is 0 Å². The molecule has 8 nitrogen and oxygen atoms in total. The number of nitrogens with zero attached hydrogens (tertiary/aromatic N) is 1. The highest BCUT2D eigenvalue weighted by Gasteiger charge is 2.27. The Kier molecular flexibility index (Phi) is 6.62. The zero-order chi connectivity index (χ0) is 20.0. The van der Waals surface area contributed by atoms with E-state index in [-0.39, 0.29) is 17.1 Å². The van der Waals surface area contributed by atoms with Gasteiger partial charge >= 0.3 is 11.9 Å². The fourth-order valence-corrected chi connectivity index (χ4v) is 2.78. The minimum Gasteiger partial charge on any atom is -0.493 e. The number of nitrogens with one attached hydrogen (secondary N) is 1. The summed E-state index contributed by atoms with van der Waals surface area (Å²) in [5, 5.41) is 30.3. The highest BCUT2D eigenvalue weighted by molar-refractivity contribution is 9.10. The highest BCUT2D eigenvalue weighted by atomic mass is 79.9. The van der Waals surface area contributed by atoms with Gasteiger partial charge in [-0.25, -0.2) is 9.59 Å². The van der Waals surface area contributed by atoms with Gasteiger partial charge in [-0.05, 0) is 36.4 Å². The molecule has 0 heterocycles. The number of methoxy groups -OCH3 is 1. The Labute approximate surface area is 163 Å². The molecule has 0 saturated heterocycles. The minimum absolute atomic E-state index is 0.0108. The molecule has 1 unspecified atom stereocenters. The first kappa shape index (κ1) is 20.1. The summed E-state index contributed by atoms with van der Waals surface area (Å²) >= 11 is 3.28. The Morgan fingerprint density at radius 1 is 1.26 bits per heavy atom. The summed E-state index contributed by atoms with van der Waals surface area (Å²) in [5.74, 6) is -2.22. The zero-order valence-electron chi connectivity index (χ0n) is 14.1. The number of carbonyl (C=O) groups is 2. The number of benzene rings is 2. The van der Waals surface area contributed by atoms with Crippen LogP contribution in [-0.2, 0) is 9.59 Å². The van der Waals surface area contributed by atoms with E-state index in [4.69, 9.17) is 19.8 Å². The number of carboxylic acid groups (broad SMARTS) is 2. The van der Waals surface area contributed by atoms with Gasteiger partial charge in [0.1, 0.15) is 0 Å². The minimum atomic E-state index is -1.26. The third kappa shape index (κ3) is 5.12. The van der Waals surface area contributed by atoms with Crippen molar-refractivity contribution in [3.63, 3.8) is 0 Å². The van der Waals surface area contributed by atoms with E-state index >= 15 is 0 Å². The maximum atomic E-state index is 11.9. The molecule has 0 amide bonds. The molecule has 9 heteroatoms. The number of rotatable bonds is 8. The highest BCUT2D eigenvalue weighted by Crippen LogP contribution is 2.39. The van der Waals surface area contributed by atoms with E-state index < -0.39 is 24.6 Å². The Morgan fingerprint density at radius 3 is 2.44 bits per heavy atom. The number of halogens is 1. The third-order valence-electron chi connectivity index (χ3n) is 3.49. The van der Waals surface area contributed by atoms with Crippen LogP contribution in [0.4, 0.5) is 5.69 Å². The molecule has 0 spiro atoms. The van der Waals surface area contributed by atoms with Crippen molar-refractivity contribution >= 4 is 33.6 Å². The van der Waals surface area contributed by atoms with Gasteiger partial charge in [-0.2, -0.15) is 5.26 Å². The van der Waals surface area contributed by atoms with Crippen LogP contribution in [0.15, 0.2) is 40.9 Å². The van der Waals surface area contributed by atoms with E-state index in [0.717, 1.165) is 0 Å². The van der Waals surface area contributed by atoms with Gasteiger partial charge in [-0.1, -0.05) is 15.9 Å². The fraction of sp³-hybridized carbons (Fsp3) is 0.167. The van der Waals surface area contributed by atoms with Gasteiger partial charge in [-0.3, -0.25) is 0 Å². The number of aliphatic carboxylic acids is 2. The van der Waals surface area contributed by atoms with Crippen LogP contribution in [-0.4, -0.2) is 35.9 Å². The van der Waals surface area contributed by atoms with Gasteiger partial charge in [0.25, 0.3) is 0 Å². The molecule has 2 aromatic rings. The zero-order valence-corrected chi connectivity index (χ0v) is 15.7. The molecule has 2 aromatic carbocycles. The first-order valence-electron chi connectivity index (χ1n) is 7.57. The number of ether oxygens (including phenoxy) is 2. The number of hydrogen-bond donors (Lipinski definition) is 3. The van der Waals surface area contributed by atoms with E-state index in [0.29, 0.717) is 15.7 Å². The lowest BCUT2D eigenvalue weighted by Crippen LogP contribution is -2.22. The molecule has 0 aliphatic rings. The number of anilines is 1. The van der Waals surface area contributed by atoms with E-state index in [9.17, 15) is 14.7 Å². The quantitative estimate of drug-likeness (QED) is 0.577. The molecule has 140 valence electrons. The Balaban J connectivity index is 2.47. The van der Waals surface area contributed by atoms with E-state index in [2.05, 4.69) is 21.2 Å². The Morgan fingerprint density at radius 2 is 1.93 bits per heavy atom. The lowest BCUT2D eigenvalue weighted by molar-refractivity contribution is -0.139. The Bertz CT molecular complexity index is 892. The van der Waals surface area contributed by atoms with Crippen LogP contribution in [0.5, 0.6) is 11.5 Å². The van der Waals surface area contributed by atoms with Crippen LogP contribution in [0, 0.1) is 11.3 Å². The van der Waals surface area contributed by atoms with E-state index in [1.807, 2.05) is 6.07 Å². The van der Waals surface area contributed by atoms with Crippen LogP contribution in [0.2, 0.25) is 0 Å². The van der Waals surface area contributed by atoms with Gasteiger partial charge in [0.15, 0.2) is 24.1 Å². The average molecular weight is 435 g/mol. The van der Waals surface area contributed by atoms with Gasteiger partial charge in [-0.15, -0.1) is 0 Å². The smallest absolute Gasteiger partial charge is 0.341 e. The summed E-state index contributed by atoms with van der Waals surface area (Å²) < 4.78 is 11.0. The van der Waals surface area contributed by atoms with Crippen molar-refractivity contribution in [3.8, 4) is 17.6 Å². The molecule has 0 aliphatic carbocycles. The van der Waals surface area contributed by atoms with Crippen LogP contribution < -0.4 is 14.8 Å². The summed E-state index contributed by atoms with van der Waals surface area (Å²) in [5.41, 5.74) is 1.07. The molecule has 0 aromatic heterocycles. The van der Waals surface area contributed by atoms with Crippen molar-refractivity contribution in [1.82, 2.24) is 0 Å². The van der Waals surface area contributed by atoms with Gasteiger partial charge in [0.05, 0.1) is 18.7 Å². The largest absolute Gasteiger partial charge is 0.493 e. The molecule has 0 fully saturated rings. The predicted octanol–water partition coefficient (Wildman–Crippen LogP) is 3.03. The molecule has 0 saturated carbocycles. The molecule has 3 N–H and O–H groups in total. The summed E-state index contributed by atoms with van der Waals surface area (Å²) in [4.78, 5) is 22.8. The first-order valence-corrected chi connectivity index (χ1v) is 8.36. The molecule has 0 radical (unpaired) electrons. The van der Waals surface area contributed by atoms with Crippen molar-refractivity contribution in [2.75, 3.05) is 19.0 Å². The topological polar surface area (TPSA) is 129 Å². The molecule has 1 atom stereocenters. The van der Waals surface area contributed by atoms with Gasteiger partial charge in [0, 0.05) is 15.7 Å². The molecular formula is C18H15BrN2O6. The van der Waals surface area contributed by atoms with E-state index in [1.165, 1.54) is 13.2 Å². The van der Waals surface area contributed by atoms with Crippen molar-refractivity contribution in [2.45, 2.75) is 6.04 Å². The van der Waals surface area contributed by atoms with E-state index in [1.54, 1.807) is 30.3 Å². The fourth-order valence-electron chi connectivity index (χ4n) is 2.32. The van der Waals surface area contributed by atoms with Crippen LogP contribution in [0.25, 0.3) is 0 Å². The standard InChI is InChI=1S/C18H15BrN2O6/c1-26-14-7-11(19)6-13(17(14)27-9-15(22)23)16(18(24)25)21-12-4-2-10(8-20)3-5-12/h2-7,16,21H,9H2,1H3,(H,22,23)(H,24,25). The second-order valence-corrected chi connectivity index (χ2v) is 6.23. The number of carboxylic acids is 2. The summed E-state index contributed by atoms with van der Waals surface area (Å²) in [6, 6.07) is 10.0. The number of nitriles is 1. The van der Waals surface area contributed by atoms with Crippen molar-refractivity contribution in [1.29, 1.82) is 5.26 Å². The molecule has 0 bridgehead atoms. The second kappa shape index (κ2) is 8.91. The molecule has 27 heavy (non-hydrogen) atoms. The third-order valence-corrected chi connectivity index (χ3v) is 3.95. The number of hydrogen-bond acceptors (Lipinski definition) is 6. The molecule has 2 rings (SSSR count). The summed E-state index contributed by atoms with van der Waals surface area (Å²) in [6.45, 7) is -0.659.